The maximum atomic E-state index is 11.9. The van der Waals surface area contributed by atoms with Gasteiger partial charge >= 0.3 is 6.03 Å². The van der Waals surface area contributed by atoms with Gasteiger partial charge in [0.05, 0.1) is 10.7 Å². The van der Waals surface area contributed by atoms with Crippen LogP contribution in [0.25, 0.3) is 0 Å². The zero-order valence-corrected chi connectivity index (χ0v) is 12.9. The third-order valence-corrected chi connectivity index (χ3v) is 4.53. The minimum Gasteiger partial charge on any atom is -0.370 e. The van der Waals surface area contributed by atoms with E-state index in [1.165, 1.54) is 12.8 Å². The molecule has 0 spiro atoms. The molecule has 0 radical (unpaired) electrons. The number of carbonyl (C=O) groups excluding carboxylic acids is 2. The van der Waals surface area contributed by atoms with E-state index >= 15 is 0 Å². The molecule has 1 aliphatic heterocycles. The third-order valence-electron chi connectivity index (χ3n) is 4.23. The molecule has 3 rings (SSSR count). The molecule has 118 valence electrons. The van der Waals surface area contributed by atoms with Gasteiger partial charge in [-0.1, -0.05) is 11.6 Å². The average molecular weight is 323 g/mol. The molecule has 22 heavy (non-hydrogen) atoms. The molecule has 0 bridgehead atoms. The summed E-state index contributed by atoms with van der Waals surface area (Å²) in [7, 11) is 0. The summed E-state index contributed by atoms with van der Waals surface area (Å²) < 4.78 is 0. The number of halogens is 1. The molecule has 1 saturated heterocycles. The van der Waals surface area contributed by atoms with Crippen LogP contribution in [-0.4, -0.2) is 30.6 Å². The number of nitrogens with one attached hydrogen (secondary N) is 2. The first-order chi connectivity index (χ1) is 10.5. The van der Waals surface area contributed by atoms with Gasteiger partial charge in [0.15, 0.2) is 0 Å². The molecule has 1 saturated carbocycles. The van der Waals surface area contributed by atoms with Crippen molar-refractivity contribution in [2.45, 2.75) is 31.2 Å². The summed E-state index contributed by atoms with van der Waals surface area (Å²) >= 11 is 6.30. The largest absolute Gasteiger partial charge is 0.370 e. The Balaban J connectivity index is 1.64. The number of amides is 3. The van der Waals surface area contributed by atoms with E-state index in [-0.39, 0.29) is 0 Å². The second kappa shape index (κ2) is 5.68. The topological polar surface area (TPSA) is 87.5 Å². The standard InChI is InChI=1S/C15H19ClN4O2/c16-11-9-10(3-4-12(11)20-7-1-2-8-20)18-14(22)19-15(5-6-15)13(17)21/h3-4,9H,1-2,5-8H2,(H2,17,21)(H2,18,19,22). The maximum absolute atomic E-state index is 11.9. The minimum atomic E-state index is -0.872. The lowest BCUT2D eigenvalue weighted by Gasteiger charge is -2.20. The van der Waals surface area contributed by atoms with Gasteiger partial charge < -0.3 is 21.3 Å². The quantitative estimate of drug-likeness (QED) is 0.793. The summed E-state index contributed by atoms with van der Waals surface area (Å²) in [6, 6.07) is 4.99. The van der Waals surface area contributed by atoms with E-state index in [0.29, 0.717) is 23.6 Å². The van der Waals surface area contributed by atoms with Gasteiger partial charge in [-0.05, 0) is 43.9 Å². The molecule has 1 aromatic carbocycles. The number of benzene rings is 1. The lowest BCUT2D eigenvalue weighted by atomic mass is 10.2. The van der Waals surface area contributed by atoms with Crippen LogP contribution >= 0.6 is 11.6 Å². The number of hydrogen-bond acceptors (Lipinski definition) is 3. The molecule has 6 nitrogen and oxygen atoms in total. The number of nitrogens with two attached hydrogens (primary N) is 1. The monoisotopic (exact) mass is 322 g/mol. The molecule has 1 aliphatic carbocycles. The van der Waals surface area contributed by atoms with Gasteiger partial charge in [-0.2, -0.15) is 0 Å². The first-order valence-electron chi connectivity index (χ1n) is 7.44. The molecule has 4 N–H and O–H groups in total. The highest BCUT2D eigenvalue weighted by Crippen LogP contribution is 2.35. The van der Waals surface area contributed by atoms with Crippen molar-refractivity contribution < 1.29 is 9.59 Å². The van der Waals surface area contributed by atoms with Crippen LogP contribution in [0, 0.1) is 0 Å². The fraction of sp³-hybridized carbons (Fsp3) is 0.467. The number of hydrogen-bond donors (Lipinski definition) is 3. The Labute approximate surface area is 134 Å². The average Bonchev–Trinajstić information content (AvgIpc) is 3.04. The van der Waals surface area contributed by atoms with Crippen molar-refractivity contribution in [3.63, 3.8) is 0 Å². The third kappa shape index (κ3) is 2.97. The Morgan fingerprint density at radius 3 is 2.45 bits per heavy atom. The van der Waals surface area contributed by atoms with E-state index in [0.717, 1.165) is 18.8 Å². The molecule has 0 unspecified atom stereocenters. The molecular formula is C15H19ClN4O2. The van der Waals surface area contributed by atoms with E-state index in [2.05, 4.69) is 15.5 Å². The van der Waals surface area contributed by atoms with Crippen LogP contribution in [0.4, 0.5) is 16.2 Å². The number of rotatable bonds is 4. The van der Waals surface area contributed by atoms with E-state index < -0.39 is 17.5 Å². The molecular weight excluding hydrogens is 304 g/mol. The maximum Gasteiger partial charge on any atom is 0.320 e. The summed E-state index contributed by atoms with van der Waals surface area (Å²) in [5.41, 5.74) is 5.98. The van der Waals surface area contributed by atoms with Gasteiger partial charge in [0, 0.05) is 18.8 Å². The van der Waals surface area contributed by atoms with Crippen LogP contribution in [0.15, 0.2) is 18.2 Å². The van der Waals surface area contributed by atoms with Crippen LogP contribution in [0.1, 0.15) is 25.7 Å². The Kier molecular flexibility index (Phi) is 3.87. The predicted octanol–water partition coefficient (Wildman–Crippen LogP) is 2.08. The van der Waals surface area contributed by atoms with Gasteiger partial charge in [0.1, 0.15) is 5.54 Å². The van der Waals surface area contributed by atoms with E-state index in [1.807, 2.05) is 12.1 Å². The zero-order chi connectivity index (χ0) is 15.7. The van der Waals surface area contributed by atoms with Crippen LogP contribution in [0.2, 0.25) is 5.02 Å². The lowest BCUT2D eigenvalue weighted by molar-refractivity contribution is -0.120. The molecule has 3 amide bonds. The molecule has 2 aliphatic rings. The zero-order valence-electron chi connectivity index (χ0n) is 12.2. The molecule has 1 heterocycles. The van der Waals surface area contributed by atoms with Gasteiger partial charge in [-0.15, -0.1) is 0 Å². The summed E-state index contributed by atoms with van der Waals surface area (Å²) in [4.78, 5) is 25.4. The summed E-state index contributed by atoms with van der Waals surface area (Å²) in [6.45, 7) is 2.02. The number of anilines is 2. The van der Waals surface area contributed by atoms with Crippen molar-refractivity contribution in [2.75, 3.05) is 23.3 Å². The second-order valence-corrected chi connectivity index (χ2v) is 6.29. The Bertz CT molecular complexity index is 610. The highest BCUT2D eigenvalue weighted by atomic mass is 35.5. The van der Waals surface area contributed by atoms with Crippen molar-refractivity contribution >= 4 is 34.9 Å². The van der Waals surface area contributed by atoms with E-state index in [9.17, 15) is 9.59 Å². The number of urea groups is 1. The van der Waals surface area contributed by atoms with Crippen molar-refractivity contribution in [3.05, 3.63) is 23.2 Å². The van der Waals surface area contributed by atoms with E-state index in [4.69, 9.17) is 17.3 Å². The van der Waals surface area contributed by atoms with Crippen molar-refractivity contribution in [1.82, 2.24) is 5.32 Å². The predicted molar refractivity (Wildman–Crippen MR) is 86.2 cm³/mol. The smallest absolute Gasteiger partial charge is 0.320 e. The summed E-state index contributed by atoms with van der Waals surface area (Å²) in [5.74, 6) is -0.495. The molecule has 0 aromatic heterocycles. The lowest BCUT2D eigenvalue weighted by Crippen LogP contribution is -2.48. The SMILES string of the molecule is NC(=O)C1(NC(=O)Nc2ccc(N3CCCC3)c(Cl)c2)CC1. The summed E-state index contributed by atoms with van der Waals surface area (Å²) in [5, 5.41) is 5.92. The number of primary amides is 1. The highest BCUT2D eigenvalue weighted by Gasteiger charge is 2.49. The van der Waals surface area contributed by atoms with Crippen LogP contribution in [-0.2, 0) is 4.79 Å². The van der Waals surface area contributed by atoms with Crippen LogP contribution in [0.3, 0.4) is 0 Å². The fourth-order valence-electron chi connectivity index (χ4n) is 2.74. The molecule has 1 aromatic rings. The molecule has 0 atom stereocenters. The van der Waals surface area contributed by atoms with Gasteiger partial charge in [-0.25, -0.2) is 4.79 Å². The minimum absolute atomic E-state index is 0.443. The Hall–Kier alpha value is -1.95. The van der Waals surface area contributed by atoms with Crippen molar-refractivity contribution in [2.24, 2.45) is 5.73 Å². The van der Waals surface area contributed by atoms with E-state index in [1.54, 1.807) is 6.07 Å². The van der Waals surface area contributed by atoms with Crippen molar-refractivity contribution in [3.8, 4) is 0 Å². The molecule has 2 fully saturated rings. The number of nitrogens with zero attached hydrogens (tertiary/aromatic N) is 1. The second-order valence-electron chi connectivity index (χ2n) is 5.89. The van der Waals surface area contributed by atoms with Crippen LogP contribution in [0.5, 0.6) is 0 Å². The van der Waals surface area contributed by atoms with Crippen LogP contribution < -0.4 is 21.3 Å². The molecule has 7 heteroatoms. The van der Waals surface area contributed by atoms with Crippen molar-refractivity contribution in [1.29, 1.82) is 0 Å². The Morgan fingerprint density at radius 2 is 1.91 bits per heavy atom. The van der Waals surface area contributed by atoms with Gasteiger partial charge in [0.2, 0.25) is 5.91 Å². The normalized spacial score (nSPS) is 18.9. The highest BCUT2D eigenvalue weighted by molar-refractivity contribution is 6.33. The fourth-order valence-corrected chi connectivity index (χ4v) is 3.04. The summed E-state index contributed by atoms with van der Waals surface area (Å²) in [6.07, 6.45) is 3.52. The van der Waals surface area contributed by atoms with Gasteiger partial charge in [-0.3, -0.25) is 4.79 Å². The Morgan fingerprint density at radius 1 is 1.23 bits per heavy atom. The first-order valence-corrected chi connectivity index (χ1v) is 7.82. The number of carbonyl (C=O) groups is 2. The van der Waals surface area contributed by atoms with Gasteiger partial charge in [0.25, 0.3) is 0 Å². The first kappa shape index (κ1) is 15.0.